The average Bonchev–Trinajstić information content (AvgIpc) is 3.27. The molecule has 2 fully saturated rings. The summed E-state index contributed by atoms with van der Waals surface area (Å²) in [6, 6.07) is 8.34. The van der Waals surface area contributed by atoms with E-state index in [4.69, 9.17) is 4.98 Å². The summed E-state index contributed by atoms with van der Waals surface area (Å²) >= 11 is 0. The normalized spacial score (nSPS) is 21.0. The van der Waals surface area contributed by atoms with Gasteiger partial charge in [-0.25, -0.2) is 0 Å². The molecule has 24 heavy (non-hydrogen) atoms. The number of amides is 1. The molecule has 1 aromatic carbocycles. The molecule has 2 aliphatic heterocycles. The van der Waals surface area contributed by atoms with E-state index in [0.717, 1.165) is 56.7 Å². The van der Waals surface area contributed by atoms with Crippen LogP contribution >= 0.6 is 0 Å². The summed E-state index contributed by atoms with van der Waals surface area (Å²) in [6.45, 7) is 7.92. The molecule has 1 aromatic heterocycles. The third-order valence-electron chi connectivity index (χ3n) is 5.62. The highest BCUT2D eigenvalue weighted by Gasteiger charge is 2.33. The van der Waals surface area contributed by atoms with E-state index in [1.807, 2.05) is 6.07 Å². The number of nitrogens with zero attached hydrogens (tertiary/aromatic N) is 3. The molecule has 3 heterocycles. The maximum Gasteiger partial charge on any atom is 0.227 e. The van der Waals surface area contributed by atoms with E-state index in [1.54, 1.807) is 0 Å². The fourth-order valence-electron chi connectivity index (χ4n) is 4.18. The lowest BCUT2D eigenvalue weighted by Gasteiger charge is -2.25. The number of carbonyl (C=O) groups excluding carboxylic acids is 1. The zero-order valence-electron chi connectivity index (χ0n) is 14.6. The van der Waals surface area contributed by atoms with Crippen molar-refractivity contribution in [3.63, 3.8) is 0 Å². The zero-order valence-corrected chi connectivity index (χ0v) is 14.6. The van der Waals surface area contributed by atoms with Gasteiger partial charge in [0.25, 0.3) is 0 Å². The number of benzene rings is 1. The van der Waals surface area contributed by atoms with Crippen molar-refractivity contribution in [2.24, 2.45) is 5.92 Å². The van der Waals surface area contributed by atoms with Gasteiger partial charge in [0.1, 0.15) is 0 Å². The molecular formula is C20H25N3O. The van der Waals surface area contributed by atoms with E-state index in [1.165, 1.54) is 16.6 Å². The van der Waals surface area contributed by atoms with Crippen LogP contribution < -0.4 is 4.90 Å². The molecule has 1 atom stereocenters. The largest absolute Gasteiger partial charge is 0.370 e. The lowest BCUT2D eigenvalue weighted by atomic mass is 10.1. The van der Waals surface area contributed by atoms with Crippen LogP contribution in [0, 0.1) is 19.8 Å². The quantitative estimate of drug-likeness (QED) is 0.851. The highest BCUT2D eigenvalue weighted by molar-refractivity contribution is 5.94. The average molecular weight is 323 g/mol. The first-order valence-electron chi connectivity index (χ1n) is 9.05. The Morgan fingerprint density at radius 1 is 1.12 bits per heavy atom. The minimum atomic E-state index is 0.148. The molecule has 0 aliphatic carbocycles. The maximum absolute atomic E-state index is 12.7. The zero-order chi connectivity index (χ0) is 16.7. The van der Waals surface area contributed by atoms with Gasteiger partial charge < -0.3 is 9.80 Å². The molecule has 2 saturated heterocycles. The number of aromatic nitrogens is 1. The van der Waals surface area contributed by atoms with Gasteiger partial charge in [0, 0.05) is 37.3 Å². The van der Waals surface area contributed by atoms with Gasteiger partial charge >= 0.3 is 0 Å². The van der Waals surface area contributed by atoms with Gasteiger partial charge in [-0.1, -0.05) is 18.2 Å². The summed E-state index contributed by atoms with van der Waals surface area (Å²) in [5, 5.41) is 1.20. The minimum absolute atomic E-state index is 0.148. The lowest BCUT2D eigenvalue weighted by Crippen LogP contribution is -2.35. The molecule has 4 rings (SSSR count). The summed E-state index contributed by atoms with van der Waals surface area (Å²) in [6.07, 6.45) is 3.29. The third-order valence-corrected chi connectivity index (χ3v) is 5.62. The highest BCUT2D eigenvalue weighted by atomic mass is 16.2. The number of anilines is 1. The van der Waals surface area contributed by atoms with E-state index < -0.39 is 0 Å². The predicted molar refractivity (Wildman–Crippen MR) is 97.4 cm³/mol. The number of rotatable bonds is 2. The van der Waals surface area contributed by atoms with Crippen LogP contribution in [-0.2, 0) is 4.79 Å². The molecule has 0 saturated carbocycles. The van der Waals surface area contributed by atoms with Gasteiger partial charge in [0.2, 0.25) is 5.91 Å². The Balaban J connectivity index is 1.64. The number of likely N-dealkylation sites (tertiary alicyclic amines) is 1. The van der Waals surface area contributed by atoms with Crippen LogP contribution in [0.15, 0.2) is 24.3 Å². The van der Waals surface area contributed by atoms with E-state index in [9.17, 15) is 4.79 Å². The van der Waals surface area contributed by atoms with Crippen LogP contribution in [0.3, 0.4) is 0 Å². The van der Waals surface area contributed by atoms with Crippen molar-refractivity contribution in [2.75, 3.05) is 31.1 Å². The van der Waals surface area contributed by atoms with Crippen LogP contribution in [0.1, 0.15) is 30.5 Å². The topological polar surface area (TPSA) is 36.4 Å². The summed E-state index contributed by atoms with van der Waals surface area (Å²) in [5.74, 6) is 0.512. The van der Waals surface area contributed by atoms with E-state index in [-0.39, 0.29) is 5.92 Å². The summed E-state index contributed by atoms with van der Waals surface area (Å²) in [4.78, 5) is 21.9. The molecule has 1 amide bonds. The standard InChI is InChI=1S/C20H25N3O/c1-14-15(2)21-18-8-4-3-7-17(18)19(14)23-12-9-16(13-23)20(24)22-10-5-6-11-22/h3-4,7-8,16H,5-6,9-13H2,1-2H3. The van der Waals surface area contributed by atoms with Crippen LogP contribution in [0.5, 0.6) is 0 Å². The Bertz CT molecular complexity index is 780. The second kappa shape index (κ2) is 6.08. The lowest BCUT2D eigenvalue weighted by molar-refractivity contribution is -0.133. The fourth-order valence-corrected chi connectivity index (χ4v) is 4.18. The molecule has 4 heteroatoms. The molecule has 0 spiro atoms. The molecule has 2 aliphatic rings. The molecule has 4 nitrogen and oxygen atoms in total. The molecule has 2 aromatic rings. The molecule has 0 radical (unpaired) electrons. The first-order valence-corrected chi connectivity index (χ1v) is 9.05. The molecule has 126 valence electrons. The smallest absolute Gasteiger partial charge is 0.227 e. The Hall–Kier alpha value is -2.10. The number of aryl methyl sites for hydroxylation is 1. The second-order valence-electron chi connectivity index (χ2n) is 7.15. The Kier molecular flexibility index (Phi) is 3.91. The van der Waals surface area contributed by atoms with Gasteiger partial charge in [-0.05, 0) is 44.7 Å². The summed E-state index contributed by atoms with van der Waals surface area (Å²) < 4.78 is 0. The summed E-state index contributed by atoms with van der Waals surface area (Å²) in [7, 11) is 0. The fraction of sp³-hybridized carbons (Fsp3) is 0.500. The van der Waals surface area contributed by atoms with Gasteiger partial charge in [0.15, 0.2) is 0 Å². The molecular weight excluding hydrogens is 298 g/mol. The first kappa shape index (κ1) is 15.4. The van der Waals surface area contributed by atoms with Crippen LogP contribution in [0.2, 0.25) is 0 Å². The van der Waals surface area contributed by atoms with Crippen LogP contribution in [-0.4, -0.2) is 42.0 Å². The number of pyridine rings is 1. The Morgan fingerprint density at radius 3 is 2.67 bits per heavy atom. The van der Waals surface area contributed by atoms with Crippen molar-refractivity contribution in [3.05, 3.63) is 35.5 Å². The van der Waals surface area contributed by atoms with Gasteiger partial charge in [0.05, 0.1) is 17.1 Å². The number of hydrogen-bond donors (Lipinski definition) is 0. The SMILES string of the molecule is Cc1nc2ccccc2c(N2CCC(C(=O)N3CCCC3)C2)c1C. The predicted octanol–water partition coefficient (Wildman–Crippen LogP) is 3.30. The minimum Gasteiger partial charge on any atom is -0.370 e. The second-order valence-corrected chi connectivity index (χ2v) is 7.15. The number of para-hydroxylation sites is 1. The van der Waals surface area contributed by atoms with Gasteiger partial charge in [-0.15, -0.1) is 0 Å². The number of fused-ring (bicyclic) bond motifs is 1. The Morgan fingerprint density at radius 2 is 1.88 bits per heavy atom. The number of carbonyl (C=O) groups is 1. The Labute approximate surface area is 143 Å². The van der Waals surface area contributed by atoms with Crippen molar-refractivity contribution in [2.45, 2.75) is 33.1 Å². The molecule has 1 unspecified atom stereocenters. The van der Waals surface area contributed by atoms with Crippen molar-refractivity contribution in [3.8, 4) is 0 Å². The van der Waals surface area contributed by atoms with Crippen LogP contribution in [0.25, 0.3) is 10.9 Å². The first-order chi connectivity index (χ1) is 11.6. The summed E-state index contributed by atoms with van der Waals surface area (Å²) in [5.41, 5.74) is 4.64. The molecule has 0 bridgehead atoms. The maximum atomic E-state index is 12.7. The van der Waals surface area contributed by atoms with Gasteiger partial charge in [-0.2, -0.15) is 0 Å². The third kappa shape index (κ3) is 2.54. The van der Waals surface area contributed by atoms with Crippen molar-refractivity contribution in [1.29, 1.82) is 0 Å². The van der Waals surface area contributed by atoms with Crippen molar-refractivity contribution >= 4 is 22.5 Å². The van der Waals surface area contributed by atoms with E-state index in [0.29, 0.717) is 5.91 Å². The number of hydrogen-bond acceptors (Lipinski definition) is 3. The van der Waals surface area contributed by atoms with Crippen molar-refractivity contribution in [1.82, 2.24) is 9.88 Å². The van der Waals surface area contributed by atoms with Crippen molar-refractivity contribution < 1.29 is 4.79 Å². The van der Waals surface area contributed by atoms with Gasteiger partial charge in [-0.3, -0.25) is 9.78 Å². The molecule has 0 N–H and O–H groups in total. The monoisotopic (exact) mass is 323 g/mol. The highest BCUT2D eigenvalue weighted by Crippen LogP contribution is 2.35. The van der Waals surface area contributed by atoms with E-state index in [2.05, 4.69) is 41.8 Å². The van der Waals surface area contributed by atoms with E-state index >= 15 is 0 Å². The van der Waals surface area contributed by atoms with Crippen LogP contribution in [0.4, 0.5) is 5.69 Å².